The largest absolute Gasteiger partial charge is 0.313 e. The maximum atomic E-state index is 3.60. The average Bonchev–Trinajstić information content (AvgIpc) is 2.82. The highest BCUT2D eigenvalue weighted by Crippen LogP contribution is 2.29. The fourth-order valence-electron chi connectivity index (χ4n) is 3.40. The van der Waals surface area contributed by atoms with Crippen molar-refractivity contribution < 1.29 is 0 Å². The fourth-order valence-corrected chi connectivity index (χ4v) is 3.40. The van der Waals surface area contributed by atoms with E-state index in [-0.39, 0.29) is 0 Å². The molecule has 2 fully saturated rings. The highest BCUT2D eigenvalue weighted by molar-refractivity contribution is 4.82. The van der Waals surface area contributed by atoms with Crippen LogP contribution in [0, 0.1) is 5.92 Å². The summed E-state index contributed by atoms with van der Waals surface area (Å²) in [4.78, 5) is 2.62. The Morgan fingerprint density at radius 3 is 2.44 bits per heavy atom. The molecule has 0 bridgehead atoms. The summed E-state index contributed by atoms with van der Waals surface area (Å²) in [5, 5.41) is 3.60. The van der Waals surface area contributed by atoms with Gasteiger partial charge in [0.05, 0.1) is 0 Å². The third-order valence-corrected chi connectivity index (χ3v) is 4.69. The number of nitrogens with one attached hydrogen (secondary N) is 1. The third-order valence-electron chi connectivity index (χ3n) is 4.69. The lowest BCUT2D eigenvalue weighted by Gasteiger charge is -2.35. The van der Waals surface area contributed by atoms with Gasteiger partial charge in [-0.3, -0.25) is 0 Å². The van der Waals surface area contributed by atoms with Crippen LogP contribution in [-0.2, 0) is 0 Å². The highest BCUT2D eigenvalue weighted by atomic mass is 15.2. The molecular formula is C14H28N2. The molecule has 1 atom stereocenters. The molecule has 2 aliphatic rings. The molecule has 1 saturated carbocycles. The second kappa shape index (κ2) is 6.02. The van der Waals surface area contributed by atoms with Crippen molar-refractivity contribution in [3.8, 4) is 0 Å². The zero-order chi connectivity index (χ0) is 11.4. The van der Waals surface area contributed by atoms with Gasteiger partial charge in [0.1, 0.15) is 0 Å². The second-order valence-electron chi connectivity index (χ2n) is 5.82. The summed E-state index contributed by atoms with van der Waals surface area (Å²) < 4.78 is 0. The van der Waals surface area contributed by atoms with Gasteiger partial charge >= 0.3 is 0 Å². The molecule has 1 N–H and O–H groups in total. The van der Waals surface area contributed by atoms with Crippen LogP contribution in [0.5, 0.6) is 0 Å². The van der Waals surface area contributed by atoms with Gasteiger partial charge in [-0.05, 0) is 58.0 Å². The van der Waals surface area contributed by atoms with E-state index in [1.165, 1.54) is 58.0 Å². The molecule has 2 nitrogen and oxygen atoms in total. The Balaban J connectivity index is 1.70. The Bertz CT molecular complexity index is 191. The summed E-state index contributed by atoms with van der Waals surface area (Å²) in [6, 6.07) is 1.64. The zero-order valence-electron chi connectivity index (χ0n) is 11.0. The molecule has 1 heterocycles. The molecule has 16 heavy (non-hydrogen) atoms. The van der Waals surface area contributed by atoms with Crippen molar-refractivity contribution >= 4 is 0 Å². The van der Waals surface area contributed by atoms with Crippen LogP contribution in [0.2, 0.25) is 0 Å². The van der Waals surface area contributed by atoms with E-state index in [4.69, 9.17) is 0 Å². The molecule has 94 valence electrons. The molecule has 1 aliphatic carbocycles. The fraction of sp³-hybridized carbons (Fsp3) is 1.00. The molecule has 2 rings (SSSR count). The molecule has 0 spiro atoms. The van der Waals surface area contributed by atoms with Crippen LogP contribution >= 0.6 is 0 Å². The normalized spacial score (nSPS) is 35.8. The summed E-state index contributed by atoms with van der Waals surface area (Å²) in [7, 11) is 2.33. The smallest absolute Gasteiger partial charge is 0.0195 e. The van der Waals surface area contributed by atoms with E-state index in [2.05, 4.69) is 24.2 Å². The molecule has 0 unspecified atom stereocenters. The first-order valence-corrected chi connectivity index (χ1v) is 7.23. The quantitative estimate of drug-likeness (QED) is 0.790. The number of likely N-dealkylation sites (N-methyl/N-ethyl adjacent to an activating group) is 1. The summed E-state index contributed by atoms with van der Waals surface area (Å²) in [6.07, 6.45) is 9.94. The average molecular weight is 224 g/mol. The van der Waals surface area contributed by atoms with Gasteiger partial charge in [-0.1, -0.05) is 13.3 Å². The minimum absolute atomic E-state index is 0.772. The van der Waals surface area contributed by atoms with E-state index in [0.717, 1.165) is 18.0 Å². The lowest BCUT2D eigenvalue weighted by atomic mass is 9.84. The van der Waals surface area contributed by atoms with Crippen molar-refractivity contribution in [1.29, 1.82) is 0 Å². The van der Waals surface area contributed by atoms with Crippen LogP contribution < -0.4 is 5.32 Å². The van der Waals surface area contributed by atoms with Crippen LogP contribution in [0.15, 0.2) is 0 Å². The molecule has 1 aliphatic heterocycles. The lowest BCUT2D eigenvalue weighted by molar-refractivity contribution is 0.153. The maximum Gasteiger partial charge on any atom is 0.0195 e. The first-order chi connectivity index (χ1) is 7.79. The van der Waals surface area contributed by atoms with Gasteiger partial charge in [-0.25, -0.2) is 0 Å². The van der Waals surface area contributed by atoms with Crippen molar-refractivity contribution in [2.24, 2.45) is 5.92 Å². The van der Waals surface area contributed by atoms with Crippen LogP contribution in [0.3, 0.4) is 0 Å². The number of rotatable bonds is 4. The molecule has 1 saturated heterocycles. The topological polar surface area (TPSA) is 15.3 Å². The van der Waals surface area contributed by atoms with Crippen molar-refractivity contribution in [2.75, 3.05) is 20.1 Å². The van der Waals surface area contributed by atoms with Crippen LogP contribution in [0.1, 0.15) is 51.9 Å². The molecule has 0 radical (unpaired) electrons. The van der Waals surface area contributed by atoms with E-state index in [9.17, 15) is 0 Å². The SMILES string of the molecule is CCC1CCC(N(C)C[C@H]2CCCN2)CC1. The highest BCUT2D eigenvalue weighted by Gasteiger charge is 2.25. The van der Waals surface area contributed by atoms with Crippen molar-refractivity contribution in [3.05, 3.63) is 0 Å². The van der Waals surface area contributed by atoms with Crippen molar-refractivity contribution in [3.63, 3.8) is 0 Å². The lowest BCUT2D eigenvalue weighted by Crippen LogP contribution is -2.42. The van der Waals surface area contributed by atoms with E-state index in [1.54, 1.807) is 0 Å². The van der Waals surface area contributed by atoms with Gasteiger partial charge in [-0.2, -0.15) is 0 Å². The van der Waals surface area contributed by atoms with Gasteiger partial charge in [0.15, 0.2) is 0 Å². The standard InChI is InChI=1S/C14H28N2/c1-3-12-6-8-14(9-7-12)16(2)11-13-5-4-10-15-13/h12-15H,3-11H2,1-2H3/t12?,13-,14?/m1/s1. The zero-order valence-corrected chi connectivity index (χ0v) is 11.0. The summed E-state index contributed by atoms with van der Waals surface area (Å²) in [6.45, 7) is 4.85. The van der Waals surface area contributed by atoms with E-state index in [0.29, 0.717) is 0 Å². The summed E-state index contributed by atoms with van der Waals surface area (Å²) in [5.41, 5.74) is 0. The third kappa shape index (κ3) is 3.21. The first kappa shape index (κ1) is 12.4. The minimum atomic E-state index is 0.772. The summed E-state index contributed by atoms with van der Waals surface area (Å²) >= 11 is 0. The van der Waals surface area contributed by atoms with Gasteiger partial charge in [0.2, 0.25) is 0 Å². The van der Waals surface area contributed by atoms with Crippen molar-refractivity contribution in [2.45, 2.75) is 64.0 Å². The Morgan fingerprint density at radius 1 is 1.12 bits per heavy atom. The molecule has 0 aromatic carbocycles. The predicted octanol–water partition coefficient (Wildman–Crippen LogP) is 2.64. The Hall–Kier alpha value is -0.0800. The molecule has 2 heteroatoms. The van der Waals surface area contributed by atoms with E-state index < -0.39 is 0 Å². The Morgan fingerprint density at radius 2 is 1.88 bits per heavy atom. The van der Waals surface area contributed by atoms with Gasteiger partial charge < -0.3 is 10.2 Å². The molecule has 0 amide bonds. The number of hydrogen-bond donors (Lipinski definition) is 1. The number of nitrogens with zero attached hydrogens (tertiary/aromatic N) is 1. The van der Waals surface area contributed by atoms with Crippen LogP contribution in [0.25, 0.3) is 0 Å². The molecular weight excluding hydrogens is 196 g/mol. The summed E-state index contributed by atoms with van der Waals surface area (Å²) in [5.74, 6) is 1.02. The van der Waals surface area contributed by atoms with Gasteiger partial charge in [-0.15, -0.1) is 0 Å². The van der Waals surface area contributed by atoms with Gasteiger partial charge in [0.25, 0.3) is 0 Å². The molecule has 0 aromatic rings. The number of hydrogen-bond acceptors (Lipinski definition) is 2. The van der Waals surface area contributed by atoms with Crippen molar-refractivity contribution in [1.82, 2.24) is 10.2 Å². The predicted molar refractivity (Wildman–Crippen MR) is 69.7 cm³/mol. The second-order valence-corrected chi connectivity index (χ2v) is 5.82. The van der Waals surface area contributed by atoms with E-state index in [1.807, 2.05) is 0 Å². The monoisotopic (exact) mass is 224 g/mol. The van der Waals surface area contributed by atoms with Crippen LogP contribution in [0.4, 0.5) is 0 Å². The Kier molecular flexibility index (Phi) is 4.66. The van der Waals surface area contributed by atoms with Crippen LogP contribution in [-0.4, -0.2) is 37.1 Å². The maximum absolute atomic E-state index is 3.60. The minimum Gasteiger partial charge on any atom is -0.313 e. The Labute approximate surface area is 101 Å². The first-order valence-electron chi connectivity index (χ1n) is 7.23. The van der Waals surface area contributed by atoms with E-state index >= 15 is 0 Å². The molecule has 0 aromatic heterocycles. The van der Waals surface area contributed by atoms with Gasteiger partial charge in [0, 0.05) is 18.6 Å².